The zero-order valence-electron chi connectivity index (χ0n) is 28.1. The largest absolute Gasteiger partial charge is 0.416 e. The summed E-state index contributed by atoms with van der Waals surface area (Å²) in [6.07, 6.45) is -10.1. The topological polar surface area (TPSA) is 79.4 Å². The number of aliphatic hydroxyl groups is 1. The molecule has 0 saturated carbocycles. The van der Waals surface area contributed by atoms with Gasteiger partial charge in [0.2, 0.25) is 11.8 Å². The summed E-state index contributed by atoms with van der Waals surface area (Å²) in [6, 6.07) is 3.13. The van der Waals surface area contributed by atoms with Crippen molar-refractivity contribution >= 4 is 17.5 Å². The van der Waals surface area contributed by atoms with Crippen LogP contribution < -0.4 is 10.2 Å². The van der Waals surface area contributed by atoms with Crippen molar-refractivity contribution < 1.29 is 45.4 Å². The number of nitrogens with one attached hydrogen (secondary N) is 1. The average molecular weight is 702 g/mol. The summed E-state index contributed by atoms with van der Waals surface area (Å²) >= 11 is 0. The van der Waals surface area contributed by atoms with Gasteiger partial charge in [0.15, 0.2) is 0 Å². The van der Waals surface area contributed by atoms with Crippen molar-refractivity contribution in [2.75, 3.05) is 64.4 Å². The Kier molecular flexibility index (Phi) is 10.0. The highest BCUT2D eigenvalue weighted by molar-refractivity contribution is 5.88. The Labute approximate surface area is 280 Å². The third kappa shape index (κ3) is 7.25. The maximum Gasteiger partial charge on any atom is 0.416 e. The Balaban J connectivity index is 1.45. The first-order chi connectivity index (χ1) is 22.7. The molecule has 3 heterocycles. The van der Waals surface area contributed by atoms with Crippen molar-refractivity contribution in [3.05, 3.63) is 64.0 Å². The number of carbonyl (C=O) groups excluding carboxylic acids is 2. The van der Waals surface area contributed by atoms with Crippen LogP contribution in [0.2, 0.25) is 0 Å². The normalized spacial score (nSPS) is 23.9. The number of hydrogen-bond acceptors (Lipinski definition) is 6. The summed E-state index contributed by atoms with van der Waals surface area (Å²) < 4.78 is 97.1. The predicted octanol–water partition coefficient (Wildman–Crippen LogP) is 4.38. The number of alkyl halides is 6. The second-order valence-corrected chi connectivity index (χ2v) is 13.9. The van der Waals surface area contributed by atoms with E-state index in [1.165, 1.54) is 44.9 Å². The smallest absolute Gasteiger partial charge is 0.394 e. The minimum atomic E-state index is -5.06. The highest BCUT2D eigenvalue weighted by Gasteiger charge is 2.45. The second-order valence-electron chi connectivity index (χ2n) is 13.9. The third-order valence-electron chi connectivity index (χ3n) is 10.4. The summed E-state index contributed by atoms with van der Waals surface area (Å²) in [7, 11) is 1.49. The van der Waals surface area contributed by atoms with Crippen LogP contribution in [0.4, 0.5) is 36.4 Å². The monoisotopic (exact) mass is 701 g/mol. The van der Waals surface area contributed by atoms with Crippen molar-refractivity contribution in [3.63, 3.8) is 0 Å². The number of piperazine rings is 2. The number of aryl methyl sites for hydroxylation is 1. The molecule has 3 unspecified atom stereocenters. The van der Waals surface area contributed by atoms with Gasteiger partial charge in [0, 0.05) is 77.4 Å². The maximum atomic E-state index is 15.1. The predicted molar refractivity (Wildman–Crippen MR) is 169 cm³/mol. The molecule has 0 aromatic heterocycles. The number of likely N-dealkylation sites (N-methyl/N-ethyl adjacent to an activating group) is 1. The molecule has 15 heteroatoms. The van der Waals surface area contributed by atoms with Gasteiger partial charge in [-0.1, -0.05) is 0 Å². The minimum absolute atomic E-state index is 0.0409. The minimum Gasteiger partial charge on any atom is -0.394 e. The van der Waals surface area contributed by atoms with Crippen LogP contribution in [0.15, 0.2) is 30.3 Å². The maximum absolute atomic E-state index is 15.1. The van der Waals surface area contributed by atoms with E-state index in [4.69, 9.17) is 0 Å². The Morgan fingerprint density at radius 1 is 0.918 bits per heavy atom. The molecule has 0 aliphatic carbocycles. The molecule has 5 rings (SSSR count). The molecule has 4 atom stereocenters. The molecule has 49 heavy (non-hydrogen) atoms. The van der Waals surface area contributed by atoms with E-state index in [0.717, 1.165) is 5.56 Å². The van der Waals surface area contributed by atoms with Gasteiger partial charge in [-0.3, -0.25) is 14.5 Å². The van der Waals surface area contributed by atoms with E-state index in [1.807, 2.05) is 0 Å². The van der Waals surface area contributed by atoms with Crippen molar-refractivity contribution in [2.24, 2.45) is 0 Å². The van der Waals surface area contributed by atoms with E-state index >= 15 is 4.39 Å². The highest BCUT2D eigenvalue weighted by atomic mass is 19.4. The second kappa shape index (κ2) is 13.4. The summed E-state index contributed by atoms with van der Waals surface area (Å²) in [5.74, 6) is -1.65. The Morgan fingerprint density at radius 3 is 2.10 bits per heavy atom. The number of amides is 2. The fourth-order valence-electron chi connectivity index (χ4n) is 7.69. The number of halogens is 7. The van der Waals surface area contributed by atoms with Gasteiger partial charge in [-0.2, -0.15) is 26.3 Å². The lowest BCUT2D eigenvalue weighted by Crippen LogP contribution is -2.66. The van der Waals surface area contributed by atoms with Crippen LogP contribution in [-0.2, 0) is 27.4 Å². The molecular formula is C34H42F7N5O3. The van der Waals surface area contributed by atoms with Crippen molar-refractivity contribution in [1.82, 2.24) is 20.0 Å². The van der Waals surface area contributed by atoms with Crippen LogP contribution in [0, 0.1) is 12.7 Å². The number of nitrogens with zero attached hydrogens (tertiary/aromatic N) is 4. The number of carbonyl (C=O) groups is 2. The molecule has 0 bridgehead atoms. The van der Waals surface area contributed by atoms with E-state index in [-0.39, 0.29) is 36.6 Å². The first-order valence-electron chi connectivity index (χ1n) is 16.2. The van der Waals surface area contributed by atoms with E-state index in [9.17, 15) is 41.0 Å². The number of anilines is 1. The van der Waals surface area contributed by atoms with Gasteiger partial charge < -0.3 is 25.1 Å². The first-order valence-corrected chi connectivity index (χ1v) is 16.2. The van der Waals surface area contributed by atoms with Gasteiger partial charge in [0.1, 0.15) is 5.82 Å². The molecule has 0 radical (unpaired) electrons. The quantitative estimate of drug-likeness (QED) is 0.436. The van der Waals surface area contributed by atoms with Crippen LogP contribution in [0.5, 0.6) is 0 Å². The molecule has 270 valence electrons. The van der Waals surface area contributed by atoms with Gasteiger partial charge in [-0.15, -0.1) is 0 Å². The van der Waals surface area contributed by atoms with E-state index in [1.54, 1.807) is 11.8 Å². The van der Waals surface area contributed by atoms with E-state index in [2.05, 4.69) is 15.1 Å². The molecule has 2 aromatic carbocycles. The van der Waals surface area contributed by atoms with Gasteiger partial charge in [-0.25, -0.2) is 4.39 Å². The Hall–Kier alpha value is -3.43. The molecule has 0 spiro atoms. The molecule has 2 aromatic rings. The summed E-state index contributed by atoms with van der Waals surface area (Å²) in [5, 5.41) is 13.1. The number of aliphatic hydroxyl groups excluding tert-OH is 1. The van der Waals surface area contributed by atoms with Crippen molar-refractivity contribution in [1.29, 1.82) is 0 Å². The number of hydrogen-bond donors (Lipinski definition) is 2. The number of rotatable bonds is 6. The Bertz CT molecular complexity index is 1550. The lowest BCUT2D eigenvalue weighted by atomic mass is 9.80. The van der Waals surface area contributed by atoms with Crippen LogP contribution in [0.3, 0.4) is 0 Å². The molecule has 8 nitrogen and oxygen atoms in total. The van der Waals surface area contributed by atoms with Crippen molar-refractivity contribution in [2.45, 2.75) is 69.5 Å². The van der Waals surface area contributed by atoms with Gasteiger partial charge in [-0.05, 0) is 67.8 Å². The summed E-state index contributed by atoms with van der Waals surface area (Å²) in [4.78, 5) is 33.7. The number of benzene rings is 2. The summed E-state index contributed by atoms with van der Waals surface area (Å²) in [5.41, 5.74) is -3.13. The molecular weight excluding hydrogens is 659 g/mol. The fourth-order valence-corrected chi connectivity index (χ4v) is 7.69. The SMILES string of the molecule is CC(=O)N1CC2CN(c3cc(F)cc(C)c3C3CNCC3N(C)C(=O)C(C)(C)c3cc(C(F)(F)F)cc(C(F)(F)F)c3)CCN2C[C@@H]1CO. The standard InChI is InChI=1S/C34H42F7N5O3/c1-19-8-24(35)12-28(45-7-6-44-16-26(18-47)46(20(2)48)17-25(44)15-45)30(19)27-13-42-14-29(27)43(5)31(49)32(3,4)21-9-22(33(36,37)38)11-23(10-21)34(39,40)41/h8-12,25-27,29,42,47H,6-7,13-18H2,1-5H3/t25?,26-,27?,29?/m1/s1. The van der Waals surface area contributed by atoms with E-state index in [0.29, 0.717) is 69.2 Å². The lowest BCUT2D eigenvalue weighted by Gasteiger charge is -2.51. The molecule has 3 aliphatic heterocycles. The molecule has 3 saturated heterocycles. The van der Waals surface area contributed by atoms with Crippen LogP contribution in [-0.4, -0.2) is 109 Å². The van der Waals surface area contributed by atoms with Crippen LogP contribution >= 0.6 is 0 Å². The van der Waals surface area contributed by atoms with Crippen LogP contribution in [0.1, 0.15) is 54.5 Å². The fraction of sp³-hybridized carbons (Fsp3) is 0.588. The number of fused-ring (bicyclic) bond motifs is 1. The molecule has 2 amide bonds. The molecule has 3 fully saturated rings. The van der Waals surface area contributed by atoms with Gasteiger partial charge >= 0.3 is 12.4 Å². The Morgan fingerprint density at radius 2 is 1.53 bits per heavy atom. The third-order valence-corrected chi connectivity index (χ3v) is 10.4. The first kappa shape index (κ1) is 36.8. The molecule has 3 aliphatic rings. The van der Waals surface area contributed by atoms with Crippen LogP contribution in [0.25, 0.3) is 0 Å². The van der Waals surface area contributed by atoms with Crippen molar-refractivity contribution in [3.8, 4) is 0 Å². The van der Waals surface area contributed by atoms with Gasteiger partial charge in [0.25, 0.3) is 0 Å². The van der Waals surface area contributed by atoms with Gasteiger partial charge in [0.05, 0.1) is 35.2 Å². The average Bonchev–Trinajstić information content (AvgIpc) is 3.51. The zero-order valence-corrected chi connectivity index (χ0v) is 28.1. The highest BCUT2D eigenvalue weighted by Crippen LogP contribution is 2.42. The van der Waals surface area contributed by atoms with E-state index < -0.39 is 52.2 Å². The molecule has 2 N–H and O–H groups in total. The zero-order chi connectivity index (χ0) is 36.2. The summed E-state index contributed by atoms with van der Waals surface area (Å²) in [6.45, 7) is 8.90. The lowest BCUT2D eigenvalue weighted by molar-refractivity contribution is -0.144.